The van der Waals surface area contributed by atoms with Crippen LogP contribution >= 0.6 is 23.2 Å². The molecule has 160 valence electrons. The number of piperazine rings is 1. The molecule has 1 saturated heterocycles. The minimum atomic E-state index is -0.573. The van der Waals surface area contributed by atoms with Crippen molar-refractivity contribution in [2.75, 3.05) is 26.2 Å². The number of benzene rings is 2. The van der Waals surface area contributed by atoms with E-state index in [0.717, 1.165) is 5.69 Å². The Morgan fingerprint density at radius 1 is 1.03 bits per heavy atom. The van der Waals surface area contributed by atoms with Crippen LogP contribution in [0.4, 0.5) is 5.69 Å². The monoisotopic (exact) mass is 461 g/mol. The molecule has 0 atom stereocenters. The highest BCUT2D eigenvalue weighted by atomic mass is 35.5. The summed E-state index contributed by atoms with van der Waals surface area (Å²) in [5.41, 5.74) is 0.545. The summed E-state index contributed by atoms with van der Waals surface area (Å²) in [5.74, 6) is 0.257. The van der Waals surface area contributed by atoms with Gasteiger partial charge in [0.25, 0.3) is 11.6 Å². The normalized spacial score (nSPS) is 14.6. The van der Waals surface area contributed by atoms with E-state index in [4.69, 9.17) is 23.2 Å². The number of halogens is 2. The zero-order valence-corrected chi connectivity index (χ0v) is 17.7. The molecule has 1 amide bonds. The molecule has 1 aliphatic heterocycles. The first-order chi connectivity index (χ1) is 14.9. The molecule has 0 N–H and O–H groups in total. The molecule has 2 aromatic carbocycles. The van der Waals surface area contributed by atoms with E-state index in [2.05, 4.69) is 20.4 Å². The molecule has 3 aromatic rings. The third kappa shape index (κ3) is 4.66. The molecule has 0 saturated carbocycles. The van der Waals surface area contributed by atoms with Crippen molar-refractivity contribution in [2.45, 2.75) is 6.54 Å². The van der Waals surface area contributed by atoms with Gasteiger partial charge in [0, 0.05) is 42.3 Å². The topological polar surface area (TPSA) is 110 Å². The molecule has 2 heterocycles. The largest absolute Gasteiger partial charge is 0.336 e. The molecule has 0 spiro atoms. The number of nitro groups is 1. The van der Waals surface area contributed by atoms with E-state index in [1.165, 1.54) is 18.2 Å². The van der Waals surface area contributed by atoms with Crippen LogP contribution in [-0.2, 0) is 6.54 Å². The van der Waals surface area contributed by atoms with Gasteiger partial charge in [-0.1, -0.05) is 23.2 Å². The highest BCUT2D eigenvalue weighted by Gasteiger charge is 2.28. The zero-order valence-electron chi connectivity index (χ0n) is 16.2. The Kier molecular flexibility index (Phi) is 6.12. The third-order valence-electron chi connectivity index (χ3n) is 5.02. The van der Waals surface area contributed by atoms with Crippen molar-refractivity contribution in [1.82, 2.24) is 30.0 Å². The average molecular weight is 462 g/mol. The fourth-order valence-electron chi connectivity index (χ4n) is 3.41. The van der Waals surface area contributed by atoms with Crippen LogP contribution in [0.25, 0.3) is 5.69 Å². The van der Waals surface area contributed by atoms with Crippen molar-refractivity contribution in [3.63, 3.8) is 0 Å². The predicted molar refractivity (Wildman–Crippen MR) is 113 cm³/mol. The Morgan fingerprint density at radius 2 is 1.71 bits per heavy atom. The molecule has 10 nitrogen and oxygen atoms in total. The number of amides is 1. The maximum absolute atomic E-state index is 12.9. The highest BCUT2D eigenvalue weighted by Crippen LogP contribution is 2.25. The van der Waals surface area contributed by atoms with Gasteiger partial charge in [0.15, 0.2) is 5.82 Å². The van der Waals surface area contributed by atoms with Crippen LogP contribution in [0.2, 0.25) is 10.0 Å². The van der Waals surface area contributed by atoms with Crippen LogP contribution in [0.1, 0.15) is 16.2 Å². The molecule has 12 heteroatoms. The summed E-state index contributed by atoms with van der Waals surface area (Å²) in [7, 11) is 0. The summed E-state index contributed by atoms with van der Waals surface area (Å²) in [6.07, 6.45) is 0. The van der Waals surface area contributed by atoms with Crippen molar-refractivity contribution in [2.24, 2.45) is 0 Å². The lowest BCUT2D eigenvalue weighted by Gasteiger charge is -2.34. The van der Waals surface area contributed by atoms with E-state index in [9.17, 15) is 14.9 Å². The summed E-state index contributed by atoms with van der Waals surface area (Å²) < 4.78 is 1.64. The Labute approximate surface area is 187 Å². The van der Waals surface area contributed by atoms with Gasteiger partial charge >= 0.3 is 0 Å². The van der Waals surface area contributed by atoms with Gasteiger partial charge in [-0.25, -0.2) is 0 Å². The molecule has 31 heavy (non-hydrogen) atoms. The second-order valence-electron chi connectivity index (χ2n) is 6.97. The van der Waals surface area contributed by atoms with Crippen LogP contribution < -0.4 is 0 Å². The number of hydrogen-bond donors (Lipinski definition) is 0. The minimum absolute atomic E-state index is 0.00219. The van der Waals surface area contributed by atoms with Gasteiger partial charge in [0.05, 0.1) is 17.2 Å². The number of nitro benzene ring substituents is 1. The maximum Gasteiger partial charge on any atom is 0.282 e. The molecule has 1 fully saturated rings. The Hall–Kier alpha value is -3.08. The van der Waals surface area contributed by atoms with E-state index in [-0.39, 0.29) is 16.3 Å². The van der Waals surface area contributed by atoms with Gasteiger partial charge in [-0.3, -0.25) is 19.8 Å². The smallest absolute Gasteiger partial charge is 0.282 e. The standard InChI is InChI=1S/C19H17Cl2N7O3/c20-13-1-4-15(5-2-13)27-18(22-23-24-27)12-25-7-9-26(10-8-25)19(29)16-11-14(21)3-6-17(16)28(30)31/h1-6,11H,7-10,12H2. The molecule has 0 unspecified atom stereocenters. The lowest BCUT2D eigenvalue weighted by Crippen LogP contribution is -2.48. The Balaban J connectivity index is 1.42. The van der Waals surface area contributed by atoms with Gasteiger partial charge in [-0.2, -0.15) is 4.68 Å². The van der Waals surface area contributed by atoms with Gasteiger partial charge < -0.3 is 4.90 Å². The molecule has 1 aromatic heterocycles. The third-order valence-corrected chi connectivity index (χ3v) is 5.50. The number of aromatic nitrogens is 4. The lowest BCUT2D eigenvalue weighted by molar-refractivity contribution is -0.385. The summed E-state index contributed by atoms with van der Waals surface area (Å²) >= 11 is 11.9. The predicted octanol–water partition coefficient (Wildman–Crippen LogP) is 2.84. The average Bonchev–Trinajstić information content (AvgIpc) is 3.22. The van der Waals surface area contributed by atoms with Crippen LogP contribution in [0.5, 0.6) is 0 Å². The van der Waals surface area contributed by atoms with Gasteiger partial charge in [-0.15, -0.1) is 5.10 Å². The molecule has 1 aliphatic rings. The van der Waals surface area contributed by atoms with E-state index >= 15 is 0 Å². The van der Waals surface area contributed by atoms with Crippen molar-refractivity contribution < 1.29 is 9.72 Å². The first kappa shape index (κ1) is 21.2. The van der Waals surface area contributed by atoms with Crippen molar-refractivity contribution >= 4 is 34.8 Å². The lowest BCUT2D eigenvalue weighted by atomic mass is 10.1. The Morgan fingerprint density at radius 3 is 2.39 bits per heavy atom. The second kappa shape index (κ2) is 8.96. The van der Waals surface area contributed by atoms with Crippen LogP contribution in [-0.4, -0.2) is 67.0 Å². The molecular formula is C19H17Cl2N7O3. The van der Waals surface area contributed by atoms with Crippen LogP contribution in [0.3, 0.4) is 0 Å². The maximum atomic E-state index is 12.9. The molecule has 0 bridgehead atoms. The molecule has 4 rings (SSSR count). The van der Waals surface area contributed by atoms with Crippen molar-refractivity contribution in [1.29, 1.82) is 0 Å². The van der Waals surface area contributed by atoms with Crippen LogP contribution in [0.15, 0.2) is 42.5 Å². The first-order valence-electron chi connectivity index (χ1n) is 9.41. The fraction of sp³-hybridized carbons (Fsp3) is 0.263. The van der Waals surface area contributed by atoms with E-state index in [1.54, 1.807) is 21.7 Å². The van der Waals surface area contributed by atoms with Crippen molar-refractivity contribution in [3.8, 4) is 5.69 Å². The number of carbonyl (C=O) groups is 1. The number of nitrogens with zero attached hydrogens (tertiary/aromatic N) is 7. The molecular weight excluding hydrogens is 445 g/mol. The minimum Gasteiger partial charge on any atom is -0.336 e. The fourth-order valence-corrected chi connectivity index (χ4v) is 3.70. The highest BCUT2D eigenvalue weighted by molar-refractivity contribution is 6.31. The van der Waals surface area contributed by atoms with E-state index in [0.29, 0.717) is 43.6 Å². The first-order valence-corrected chi connectivity index (χ1v) is 10.2. The van der Waals surface area contributed by atoms with E-state index in [1.807, 2.05) is 12.1 Å². The summed E-state index contributed by atoms with van der Waals surface area (Å²) in [5, 5.41) is 24.1. The number of hydrogen-bond acceptors (Lipinski definition) is 7. The summed E-state index contributed by atoms with van der Waals surface area (Å²) in [4.78, 5) is 27.3. The Bertz CT molecular complexity index is 1110. The van der Waals surface area contributed by atoms with Gasteiger partial charge in [-0.05, 0) is 46.8 Å². The number of rotatable bonds is 5. The second-order valence-corrected chi connectivity index (χ2v) is 7.84. The number of tetrazole rings is 1. The van der Waals surface area contributed by atoms with Gasteiger partial charge in [0.1, 0.15) is 5.56 Å². The summed E-state index contributed by atoms with van der Waals surface area (Å²) in [6.45, 7) is 2.49. The molecule has 0 radical (unpaired) electrons. The SMILES string of the molecule is O=C(c1cc(Cl)ccc1[N+](=O)[O-])N1CCN(Cc2nnnn2-c2ccc(Cl)cc2)CC1. The number of carbonyl (C=O) groups excluding carboxylic acids is 1. The summed E-state index contributed by atoms with van der Waals surface area (Å²) in [6, 6.07) is 11.2. The quantitative estimate of drug-likeness (QED) is 0.424. The van der Waals surface area contributed by atoms with E-state index < -0.39 is 10.8 Å². The van der Waals surface area contributed by atoms with Gasteiger partial charge in [0.2, 0.25) is 0 Å². The van der Waals surface area contributed by atoms with Crippen LogP contribution in [0, 0.1) is 10.1 Å². The molecule has 0 aliphatic carbocycles. The van der Waals surface area contributed by atoms with Crippen molar-refractivity contribution in [3.05, 3.63) is 74.0 Å². The zero-order chi connectivity index (χ0) is 22.0.